The Balaban J connectivity index is 1.78. The van der Waals surface area contributed by atoms with Gasteiger partial charge in [0.25, 0.3) is 0 Å². The number of hydrogen-bond acceptors (Lipinski definition) is 8. The summed E-state index contributed by atoms with van der Waals surface area (Å²) in [5.74, 6) is 0.338. The molecular weight excluding hydrogens is 302 g/mol. The average molecular weight is 321 g/mol. The van der Waals surface area contributed by atoms with Crippen molar-refractivity contribution in [3.8, 4) is 0 Å². The molecule has 0 saturated carbocycles. The van der Waals surface area contributed by atoms with Gasteiger partial charge in [-0.2, -0.15) is 0 Å². The van der Waals surface area contributed by atoms with Crippen LogP contribution in [-0.2, 0) is 18.9 Å². The smallest absolute Gasteiger partial charge is 0.167 e. The van der Waals surface area contributed by atoms with E-state index in [9.17, 15) is 0 Å². The highest BCUT2D eigenvalue weighted by Gasteiger charge is 2.59. The van der Waals surface area contributed by atoms with Crippen LogP contribution in [0, 0.1) is 0 Å². The number of nitrogens with zero attached hydrogens (tertiary/aromatic N) is 4. The van der Waals surface area contributed by atoms with Crippen molar-refractivity contribution in [1.29, 1.82) is 0 Å². The lowest BCUT2D eigenvalue weighted by Crippen LogP contribution is -2.52. The van der Waals surface area contributed by atoms with Crippen LogP contribution in [0.25, 0.3) is 11.2 Å². The zero-order valence-corrected chi connectivity index (χ0v) is 13.0. The van der Waals surface area contributed by atoms with Crippen molar-refractivity contribution in [2.45, 2.75) is 30.5 Å². The van der Waals surface area contributed by atoms with Gasteiger partial charge >= 0.3 is 0 Å². The summed E-state index contributed by atoms with van der Waals surface area (Å²) in [5.41, 5.74) is 6.48. The normalized spacial score (nSPS) is 33.4. The van der Waals surface area contributed by atoms with Crippen LogP contribution >= 0.6 is 0 Å². The molecule has 4 heterocycles. The lowest BCUT2D eigenvalue weighted by Gasteiger charge is -2.37. The molecule has 2 fully saturated rings. The molecule has 0 radical (unpaired) electrons. The summed E-state index contributed by atoms with van der Waals surface area (Å²) in [7, 11) is 3.32. The number of rotatable bonds is 4. The van der Waals surface area contributed by atoms with E-state index in [-0.39, 0.29) is 12.2 Å². The Morgan fingerprint density at radius 3 is 3.04 bits per heavy atom. The summed E-state index contributed by atoms with van der Waals surface area (Å²) in [6.45, 7) is 1.03. The van der Waals surface area contributed by atoms with Crippen LogP contribution in [-0.4, -0.2) is 64.8 Å². The molecule has 2 N–H and O–H groups in total. The van der Waals surface area contributed by atoms with E-state index in [1.807, 2.05) is 4.57 Å². The van der Waals surface area contributed by atoms with Gasteiger partial charge in [-0.25, -0.2) is 15.0 Å². The van der Waals surface area contributed by atoms with Gasteiger partial charge < -0.3 is 24.7 Å². The molecule has 2 aliphatic heterocycles. The van der Waals surface area contributed by atoms with Crippen molar-refractivity contribution < 1.29 is 18.9 Å². The number of anilines is 1. The molecule has 2 aliphatic rings. The minimum atomic E-state index is -0.535. The third-order valence-electron chi connectivity index (χ3n) is 4.59. The Labute approximate surface area is 132 Å². The first-order chi connectivity index (χ1) is 11.2. The van der Waals surface area contributed by atoms with Crippen molar-refractivity contribution in [2.75, 3.05) is 33.2 Å². The molecule has 9 nitrogen and oxygen atoms in total. The number of ether oxygens (including phenoxy) is 4. The SMILES string of the molecule is COC[C@@]12CCO[C@@H](C1OC)[C@H](n1cnc3c(N)ncnc31)O2. The summed E-state index contributed by atoms with van der Waals surface area (Å²) in [6, 6.07) is 0. The first-order valence-corrected chi connectivity index (χ1v) is 7.44. The van der Waals surface area contributed by atoms with Gasteiger partial charge in [-0.05, 0) is 0 Å². The molecule has 9 heteroatoms. The Hall–Kier alpha value is -1.81. The number of nitrogen functional groups attached to an aromatic ring is 1. The Bertz CT molecular complexity index is 718. The number of imidazole rings is 1. The minimum Gasteiger partial charge on any atom is -0.382 e. The first-order valence-electron chi connectivity index (χ1n) is 7.44. The van der Waals surface area contributed by atoms with E-state index in [2.05, 4.69) is 15.0 Å². The van der Waals surface area contributed by atoms with Gasteiger partial charge in [0, 0.05) is 20.6 Å². The number of methoxy groups -OCH3 is 2. The van der Waals surface area contributed by atoms with E-state index in [4.69, 9.17) is 24.7 Å². The Morgan fingerprint density at radius 1 is 1.39 bits per heavy atom. The fraction of sp³-hybridized carbons (Fsp3) is 0.643. The van der Waals surface area contributed by atoms with Crippen LogP contribution in [0.2, 0.25) is 0 Å². The van der Waals surface area contributed by atoms with E-state index >= 15 is 0 Å². The summed E-state index contributed by atoms with van der Waals surface area (Å²) in [5, 5.41) is 0. The quantitative estimate of drug-likeness (QED) is 0.846. The van der Waals surface area contributed by atoms with Gasteiger partial charge in [0.15, 0.2) is 17.7 Å². The first kappa shape index (κ1) is 14.8. The molecule has 2 aromatic heterocycles. The van der Waals surface area contributed by atoms with Crippen LogP contribution in [0.3, 0.4) is 0 Å². The minimum absolute atomic E-state index is 0.224. The second kappa shape index (κ2) is 5.38. The zero-order chi connectivity index (χ0) is 16.0. The van der Waals surface area contributed by atoms with Crippen molar-refractivity contribution in [2.24, 2.45) is 0 Å². The predicted molar refractivity (Wildman–Crippen MR) is 79.6 cm³/mol. The van der Waals surface area contributed by atoms with Gasteiger partial charge in [0.2, 0.25) is 0 Å². The predicted octanol–water partition coefficient (Wildman–Crippen LogP) is 0.126. The van der Waals surface area contributed by atoms with Crippen molar-refractivity contribution >= 4 is 17.0 Å². The molecule has 2 aromatic rings. The van der Waals surface area contributed by atoms with Crippen LogP contribution in [0.4, 0.5) is 5.82 Å². The molecule has 0 aromatic carbocycles. The molecule has 0 aliphatic carbocycles. The van der Waals surface area contributed by atoms with Crippen molar-refractivity contribution in [3.63, 3.8) is 0 Å². The molecule has 4 rings (SSSR count). The summed E-state index contributed by atoms with van der Waals surface area (Å²) < 4.78 is 25.2. The van der Waals surface area contributed by atoms with Gasteiger partial charge in [-0.1, -0.05) is 0 Å². The molecule has 2 bridgehead atoms. The molecule has 0 amide bonds. The maximum absolute atomic E-state index is 6.36. The number of nitrogens with two attached hydrogens (primary N) is 1. The molecule has 124 valence electrons. The monoisotopic (exact) mass is 321 g/mol. The average Bonchev–Trinajstić information content (AvgIpc) is 3.04. The van der Waals surface area contributed by atoms with Gasteiger partial charge in [0.1, 0.15) is 29.7 Å². The fourth-order valence-corrected chi connectivity index (χ4v) is 3.62. The topological polar surface area (TPSA) is 107 Å². The number of aromatic nitrogens is 4. The summed E-state index contributed by atoms with van der Waals surface area (Å²) >= 11 is 0. The van der Waals surface area contributed by atoms with Crippen LogP contribution in [0.5, 0.6) is 0 Å². The maximum atomic E-state index is 6.36. The largest absolute Gasteiger partial charge is 0.382 e. The molecule has 23 heavy (non-hydrogen) atoms. The van der Waals surface area contributed by atoms with Crippen LogP contribution < -0.4 is 5.73 Å². The third-order valence-corrected chi connectivity index (χ3v) is 4.59. The molecular formula is C14H19N5O4. The van der Waals surface area contributed by atoms with Gasteiger partial charge in [-0.3, -0.25) is 4.57 Å². The summed E-state index contributed by atoms with van der Waals surface area (Å²) in [6.07, 6.45) is 2.87. The maximum Gasteiger partial charge on any atom is 0.167 e. The molecule has 2 saturated heterocycles. The number of fused-ring (bicyclic) bond motifs is 3. The lowest BCUT2D eigenvalue weighted by atomic mass is 9.90. The standard InChI is InChI=1S/C14H19N5O4/c1-20-5-14-3-4-22-9(10(14)21-2)13(23-14)19-7-18-8-11(15)16-6-17-12(8)19/h6-7,9-10,13H,3-5H2,1-2H3,(H2,15,16,17)/t9-,10?,13+,14-/m0/s1. The van der Waals surface area contributed by atoms with E-state index < -0.39 is 11.8 Å². The Morgan fingerprint density at radius 2 is 2.26 bits per heavy atom. The lowest BCUT2D eigenvalue weighted by molar-refractivity contribution is -0.159. The van der Waals surface area contributed by atoms with Crippen LogP contribution in [0.15, 0.2) is 12.7 Å². The highest BCUT2D eigenvalue weighted by Crippen LogP contribution is 2.46. The zero-order valence-electron chi connectivity index (χ0n) is 13.0. The van der Waals surface area contributed by atoms with Crippen molar-refractivity contribution in [3.05, 3.63) is 12.7 Å². The highest BCUT2D eigenvalue weighted by atomic mass is 16.6. The third kappa shape index (κ3) is 2.04. The fourth-order valence-electron chi connectivity index (χ4n) is 3.62. The second-order valence-electron chi connectivity index (χ2n) is 5.83. The van der Waals surface area contributed by atoms with E-state index in [1.165, 1.54) is 6.33 Å². The molecule has 4 atom stereocenters. The Kier molecular flexibility index (Phi) is 3.45. The van der Waals surface area contributed by atoms with E-state index in [1.54, 1.807) is 20.5 Å². The van der Waals surface area contributed by atoms with Crippen molar-refractivity contribution in [1.82, 2.24) is 19.5 Å². The highest BCUT2D eigenvalue weighted by molar-refractivity contribution is 5.81. The van der Waals surface area contributed by atoms with E-state index in [0.717, 1.165) is 0 Å². The molecule has 0 spiro atoms. The second-order valence-corrected chi connectivity index (χ2v) is 5.83. The van der Waals surface area contributed by atoms with E-state index in [0.29, 0.717) is 36.6 Å². The number of hydrogen-bond donors (Lipinski definition) is 1. The molecule has 1 unspecified atom stereocenters. The van der Waals surface area contributed by atoms with Crippen LogP contribution in [0.1, 0.15) is 12.6 Å². The van der Waals surface area contributed by atoms with Gasteiger partial charge in [-0.15, -0.1) is 0 Å². The summed E-state index contributed by atoms with van der Waals surface area (Å²) in [4.78, 5) is 12.5. The van der Waals surface area contributed by atoms with Gasteiger partial charge in [0.05, 0.1) is 19.5 Å².